The van der Waals surface area contributed by atoms with Crippen molar-refractivity contribution in [3.05, 3.63) is 35.7 Å². The molecule has 0 radical (unpaired) electrons. The van der Waals surface area contributed by atoms with Gasteiger partial charge in [-0.1, -0.05) is 11.9 Å². The standard InChI is InChI=1S/C11H16BrFN2S.CH3.Cs/c1-7(16-15-11(2,3)4)10-8(13)5-6-9(12)14-10;;/h5-7,15H,1-4H3;1H3;/q;-1;+1. The van der Waals surface area contributed by atoms with Crippen molar-refractivity contribution in [2.24, 2.45) is 0 Å². The van der Waals surface area contributed by atoms with Gasteiger partial charge in [0, 0.05) is 5.54 Å². The van der Waals surface area contributed by atoms with E-state index < -0.39 is 0 Å². The molecule has 0 aliphatic carbocycles. The Bertz CT molecular complexity index is 372. The third-order valence-corrected chi connectivity index (χ3v) is 3.51. The van der Waals surface area contributed by atoms with E-state index in [0.717, 1.165) is 0 Å². The number of halogens is 2. The van der Waals surface area contributed by atoms with Gasteiger partial charge in [-0.25, -0.2) is 9.37 Å². The van der Waals surface area contributed by atoms with Crippen molar-refractivity contribution in [2.45, 2.75) is 38.5 Å². The van der Waals surface area contributed by atoms with Crippen LogP contribution >= 0.6 is 27.9 Å². The minimum absolute atomic E-state index is 0. The number of nitrogens with zero attached hydrogens (tertiary/aromatic N) is 1. The van der Waals surface area contributed by atoms with Crippen LogP contribution in [0.25, 0.3) is 0 Å². The number of aromatic nitrogens is 1. The summed E-state index contributed by atoms with van der Waals surface area (Å²) in [6, 6.07) is 3.04. The summed E-state index contributed by atoms with van der Waals surface area (Å²) in [5.41, 5.74) is 0.470. The van der Waals surface area contributed by atoms with Gasteiger partial charge in [0.25, 0.3) is 0 Å². The van der Waals surface area contributed by atoms with Crippen LogP contribution in [0.5, 0.6) is 0 Å². The zero-order valence-electron chi connectivity index (χ0n) is 11.8. The zero-order chi connectivity index (χ0) is 12.3. The number of nitrogens with one attached hydrogen (secondary N) is 1. The van der Waals surface area contributed by atoms with Crippen molar-refractivity contribution in [1.82, 2.24) is 9.71 Å². The van der Waals surface area contributed by atoms with Crippen LogP contribution in [0.15, 0.2) is 16.7 Å². The van der Waals surface area contributed by atoms with E-state index in [2.05, 4.69) is 46.4 Å². The smallest absolute Gasteiger partial charge is 0.358 e. The molecule has 0 fully saturated rings. The number of hydrogen-bond donors (Lipinski definition) is 1. The van der Waals surface area contributed by atoms with Crippen LogP contribution < -0.4 is 73.6 Å². The average molecular weight is 455 g/mol. The van der Waals surface area contributed by atoms with E-state index in [4.69, 9.17) is 0 Å². The van der Waals surface area contributed by atoms with E-state index in [0.29, 0.717) is 10.3 Å². The Morgan fingerprint density at radius 1 is 1.39 bits per heavy atom. The van der Waals surface area contributed by atoms with Gasteiger partial charge in [0.2, 0.25) is 0 Å². The molecule has 0 amide bonds. The van der Waals surface area contributed by atoms with Gasteiger partial charge >= 0.3 is 68.9 Å². The molecule has 0 aliphatic rings. The molecule has 1 aromatic rings. The maximum atomic E-state index is 13.5. The number of hydrogen-bond acceptors (Lipinski definition) is 3. The fourth-order valence-corrected chi connectivity index (χ4v) is 2.17. The summed E-state index contributed by atoms with van der Waals surface area (Å²) in [6.07, 6.45) is 0. The zero-order valence-corrected chi connectivity index (χ0v) is 20.5. The van der Waals surface area contributed by atoms with Crippen LogP contribution in [0.3, 0.4) is 0 Å². The Morgan fingerprint density at radius 3 is 2.44 bits per heavy atom. The normalized spacial score (nSPS) is 12.3. The predicted molar refractivity (Wildman–Crippen MR) is 77.2 cm³/mol. The summed E-state index contributed by atoms with van der Waals surface area (Å²) in [5.74, 6) is -0.265. The van der Waals surface area contributed by atoms with Crippen LogP contribution in [-0.2, 0) is 0 Å². The SMILES string of the molecule is CC(SNC(C)(C)C)c1nc(Br)ccc1F.[CH3-].[Cs+]. The van der Waals surface area contributed by atoms with Crippen molar-refractivity contribution in [1.29, 1.82) is 0 Å². The van der Waals surface area contributed by atoms with E-state index in [1.165, 1.54) is 18.0 Å². The van der Waals surface area contributed by atoms with Crippen LogP contribution in [0.4, 0.5) is 4.39 Å². The van der Waals surface area contributed by atoms with Crippen LogP contribution in [0.1, 0.15) is 38.6 Å². The minimum atomic E-state index is -0.265. The molecule has 98 valence electrons. The Kier molecular flexibility index (Phi) is 12.1. The molecule has 18 heavy (non-hydrogen) atoms. The monoisotopic (exact) mass is 454 g/mol. The topological polar surface area (TPSA) is 24.9 Å². The number of rotatable bonds is 3. The van der Waals surface area contributed by atoms with Gasteiger partial charge in [-0.2, -0.15) is 0 Å². The van der Waals surface area contributed by atoms with Crippen molar-refractivity contribution in [3.63, 3.8) is 0 Å². The number of pyridine rings is 1. The van der Waals surface area contributed by atoms with Gasteiger partial charge in [-0.3, -0.25) is 4.72 Å². The molecule has 0 saturated carbocycles. The molecule has 0 bridgehead atoms. The van der Waals surface area contributed by atoms with Crippen molar-refractivity contribution < 1.29 is 73.3 Å². The predicted octanol–water partition coefficient (Wildman–Crippen LogP) is 1.53. The quantitative estimate of drug-likeness (QED) is 0.426. The van der Waals surface area contributed by atoms with E-state index in [9.17, 15) is 4.39 Å². The molecule has 1 rings (SSSR count). The first-order valence-corrected chi connectivity index (χ1v) is 6.71. The Labute approximate surface area is 181 Å². The van der Waals surface area contributed by atoms with Crippen molar-refractivity contribution >= 4 is 27.9 Å². The summed E-state index contributed by atoms with van der Waals surface area (Å²) in [6.45, 7) is 8.13. The Balaban J connectivity index is 0. The van der Waals surface area contributed by atoms with Crippen LogP contribution in [0.2, 0.25) is 0 Å². The van der Waals surface area contributed by atoms with Crippen LogP contribution in [-0.4, -0.2) is 10.5 Å². The first-order chi connectivity index (χ1) is 7.29. The van der Waals surface area contributed by atoms with Gasteiger partial charge in [0.1, 0.15) is 10.4 Å². The molecular weight excluding hydrogens is 436 g/mol. The summed E-state index contributed by atoms with van der Waals surface area (Å²) in [5, 5.41) is -0.0308. The molecule has 0 spiro atoms. The molecular formula is C12H19BrCsFN2S. The summed E-state index contributed by atoms with van der Waals surface area (Å²) >= 11 is 4.73. The first kappa shape index (κ1) is 22.2. The van der Waals surface area contributed by atoms with E-state index in [1.807, 2.05) is 6.92 Å². The Hall–Kier alpha value is 1.92. The fraction of sp³-hybridized carbons (Fsp3) is 0.500. The molecule has 1 unspecified atom stereocenters. The molecule has 1 N–H and O–H groups in total. The van der Waals surface area contributed by atoms with Gasteiger partial charge < -0.3 is 7.43 Å². The molecule has 1 atom stereocenters. The van der Waals surface area contributed by atoms with Gasteiger partial charge in [0.15, 0.2) is 0 Å². The first-order valence-electron chi connectivity index (χ1n) is 5.04. The summed E-state index contributed by atoms with van der Waals surface area (Å²) < 4.78 is 17.4. The molecule has 0 aliphatic heterocycles. The maximum Gasteiger partial charge on any atom is 1.00 e. The molecule has 0 saturated heterocycles. The second-order valence-corrected chi connectivity index (χ2v) is 6.57. The largest absolute Gasteiger partial charge is 1.00 e. The fourth-order valence-electron chi connectivity index (χ4n) is 1.04. The van der Waals surface area contributed by atoms with Crippen LogP contribution in [0, 0.1) is 13.2 Å². The molecule has 0 aromatic carbocycles. The second-order valence-electron chi connectivity index (χ2n) is 4.61. The van der Waals surface area contributed by atoms with Gasteiger partial charge in [0.05, 0.1) is 10.9 Å². The summed E-state index contributed by atoms with van der Waals surface area (Å²) in [7, 11) is 0. The van der Waals surface area contributed by atoms with E-state index >= 15 is 0 Å². The summed E-state index contributed by atoms with van der Waals surface area (Å²) in [4.78, 5) is 4.15. The Morgan fingerprint density at radius 2 is 1.94 bits per heavy atom. The van der Waals surface area contributed by atoms with E-state index in [1.54, 1.807) is 6.07 Å². The van der Waals surface area contributed by atoms with Gasteiger partial charge in [-0.05, 0) is 55.8 Å². The van der Waals surface area contributed by atoms with Gasteiger partial charge in [-0.15, -0.1) is 0 Å². The minimum Gasteiger partial charge on any atom is -0.358 e. The van der Waals surface area contributed by atoms with Crippen molar-refractivity contribution in [2.75, 3.05) is 0 Å². The second kappa shape index (κ2) is 9.79. The molecule has 6 heteroatoms. The third-order valence-electron chi connectivity index (χ3n) is 1.77. The van der Waals surface area contributed by atoms with Crippen molar-refractivity contribution in [3.8, 4) is 0 Å². The maximum absolute atomic E-state index is 13.5. The molecule has 2 nitrogen and oxygen atoms in total. The average Bonchev–Trinajstić information content (AvgIpc) is 2.17. The van der Waals surface area contributed by atoms with E-state index in [-0.39, 0.29) is 92.9 Å². The molecule has 1 heterocycles. The molecule has 1 aromatic heterocycles. The third kappa shape index (κ3) is 8.26.